The van der Waals surface area contributed by atoms with E-state index in [1.165, 1.54) is 6.92 Å². The van der Waals surface area contributed by atoms with Gasteiger partial charge in [-0.25, -0.2) is 0 Å². The van der Waals surface area contributed by atoms with Gasteiger partial charge in [0.05, 0.1) is 19.9 Å². The number of carbonyl (C=O) groups excluding carboxylic acids is 1. The maximum absolute atomic E-state index is 11.1. The molecule has 132 valence electrons. The Hall–Kier alpha value is -2.89. The van der Waals surface area contributed by atoms with Crippen LogP contribution in [0.3, 0.4) is 0 Å². The Morgan fingerprint density at radius 3 is 2.04 bits per heavy atom. The highest BCUT2D eigenvalue weighted by Crippen LogP contribution is 2.19. The summed E-state index contributed by atoms with van der Waals surface area (Å²) in [7, 11) is 3.24. The van der Waals surface area contributed by atoms with Crippen molar-refractivity contribution in [2.45, 2.75) is 19.4 Å². The fraction of sp³-hybridized carbons (Fsp3) is 0.316. The molecule has 0 bridgehead atoms. The Kier molecular flexibility index (Phi) is 6.95. The van der Waals surface area contributed by atoms with Gasteiger partial charge in [0.15, 0.2) is 0 Å². The standard InChI is InChI=1S/C19H22N2O4/c1-14(22)25-13-17(12-15-4-8-18(23-2)9-5-15)21-20-16-6-10-19(24-3)11-7-16/h4-11,17H,12-13H2,1-3H3. The number of esters is 1. The number of ether oxygens (including phenoxy) is 3. The van der Waals surface area contributed by atoms with Crippen LogP contribution < -0.4 is 9.47 Å². The molecule has 25 heavy (non-hydrogen) atoms. The minimum Gasteiger partial charge on any atom is -0.497 e. The summed E-state index contributed by atoms with van der Waals surface area (Å²) in [5.41, 5.74) is 1.77. The van der Waals surface area contributed by atoms with Crippen molar-refractivity contribution in [1.82, 2.24) is 0 Å². The SMILES string of the molecule is COc1ccc(CC(COC(C)=O)N=Nc2ccc(OC)cc2)cc1. The van der Waals surface area contributed by atoms with E-state index < -0.39 is 0 Å². The van der Waals surface area contributed by atoms with Gasteiger partial charge < -0.3 is 14.2 Å². The third-order valence-corrected chi connectivity index (χ3v) is 3.52. The van der Waals surface area contributed by atoms with Crippen LogP contribution in [0.25, 0.3) is 0 Å². The summed E-state index contributed by atoms with van der Waals surface area (Å²) >= 11 is 0. The summed E-state index contributed by atoms with van der Waals surface area (Å²) in [5, 5.41) is 8.58. The maximum Gasteiger partial charge on any atom is 0.302 e. The van der Waals surface area contributed by atoms with Gasteiger partial charge in [-0.05, 0) is 48.4 Å². The van der Waals surface area contributed by atoms with Crippen LogP contribution in [0.1, 0.15) is 12.5 Å². The van der Waals surface area contributed by atoms with Gasteiger partial charge in [0.2, 0.25) is 0 Å². The molecule has 6 heteroatoms. The van der Waals surface area contributed by atoms with E-state index >= 15 is 0 Å². The zero-order chi connectivity index (χ0) is 18.1. The number of azo groups is 1. The van der Waals surface area contributed by atoms with Gasteiger partial charge in [-0.15, -0.1) is 0 Å². The molecule has 2 rings (SSSR count). The van der Waals surface area contributed by atoms with Gasteiger partial charge in [0.1, 0.15) is 24.1 Å². The van der Waals surface area contributed by atoms with E-state index in [9.17, 15) is 4.79 Å². The number of carbonyl (C=O) groups is 1. The van der Waals surface area contributed by atoms with E-state index in [1.54, 1.807) is 14.2 Å². The second-order valence-corrected chi connectivity index (χ2v) is 5.42. The van der Waals surface area contributed by atoms with Crippen molar-refractivity contribution in [3.05, 3.63) is 54.1 Å². The zero-order valence-electron chi connectivity index (χ0n) is 14.6. The maximum atomic E-state index is 11.1. The molecular formula is C19H22N2O4. The Morgan fingerprint density at radius 1 is 0.960 bits per heavy atom. The Bertz CT molecular complexity index is 696. The van der Waals surface area contributed by atoms with E-state index in [-0.39, 0.29) is 18.6 Å². The molecule has 2 aromatic carbocycles. The first-order chi connectivity index (χ1) is 12.1. The summed E-state index contributed by atoms with van der Waals surface area (Å²) in [5.74, 6) is 1.22. The van der Waals surface area contributed by atoms with Gasteiger partial charge in [-0.3, -0.25) is 4.79 Å². The van der Waals surface area contributed by atoms with Gasteiger partial charge in [0.25, 0.3) is 0 Å². The van der Waals surface area contributed by atoms with Crippen LogP contribution in [0.15, 0.2) is 58.8 Å². The van der Waals surface area contributed by atoms with Crippen LogP contribution >= 0.6 is 0 Å². The first-order valence-electron chi connectivity index (χ1n) is 7.92. The third-order valence-electron chi connectivity index (χ3n) is 3.52. The fourth-order valence-corrected chi connectivity index (χ4v) is 2.18. The van der Waals surface area contributed by atoms with Crippen LogP contribution in [-0.2, 0) is 16.0 Å². The van der Waals surface area contributed by atoms with Crippen LogP contribution in [0.5, 0.6) is 11.5 Å². The van der Waals surface area contributed by atoms with Crippen LogP contribution in [0.4, 0.5) is 5.69 Å². The topological polar surface area (TPSA) is 69.5 Å². The van der Waals surface area contributed by atoms with Crippen LogP contribution in [0, 0.1) is 0 Å². The van der Waals surface area contributed by atoms with Crippen LogP contribution in [0.2, 0.25) is 0 Å². The largest absolute Gasteiger partial charge is 0.497 e. The summed E-state index contributed by atoms with van der Waals surface area (Å²) in [6, 6.07) is 14.7. The van der Waals surface area contributed by atoms with Gasteiger partial charge in [0, 0.05) is 6.92 Å². The molecule has 0 N–H and O–H groups in total. The molecule has 0 saturated carbocycles. The smallest absolute Gasteiger partial charge is 0.302 e. The van der Waals surface area contributed by atoms with Gasteiger partial charge in [-0.1, -0.05) is 12.1 Å². The van der Waals surface area contributed by atoms with E-state index in [0.29, 0.717) is 12.1 Å². The minimum atomic E-state index is -0.334. The van der Waals surface area contributed by atoms with Crippen molar-refractivity contribution in [3.63, 3.8) is 0 Å². The molecule has 0 aliphatic heterocycles. The van der Waals surface area contributed by atoms with Gasteiger partial charge in [-0.2, -0.15) is 10.2 Å². The highest BCUT2D eigenvalue weighted by atomic mass is 16.5. The Morgan fingerprint density at radius 2 is 1.52 bits per heavy atom. The molecule has 1 unspecified atom stereocenters. The third kappa shape index (κ3) is 6.25. The first kappa shape index (κ1) is 18.4. The van der Waals surface area contributed by atoms with E-state index in [4.69, 9.17) is 14.2 Å². The summed E-state index contributed by atoms with van der Waals surface area (Å²) in [6.45, 7) is 1.56. The molecule has 0 spiro atoms. The minimum absolute atomic E-state index is 0.182. The summed E-state index contributed by atoms with van der Waals surface area (Å²) in [6.07, 6.45) is 0.608. The van der Waals surface area contributed by atoms with Crippen molar-refractivity contribution < 1.29 is 19.0 Å². The van der Waals surface area contributed by atoms with E-state index in [1.807, 2.05) is 48.5 Å². The zero-order valence-corrected chi connectivity index (χ0v) is 14.6. The predicted molar refractivity (Wildman–Crippen MR) is 94.6 cm³/mol. The van der Waals surface area contributed by atoms with E-state index in [0.717, 1.165) is 17.1 Å². The molecule has 0 aromatic heterocycles. The quantitative estimate of drug-likeness (QED) is 0.538. The molecule has 0 fully saturated rings. The highest BCUT2D eigenvalue weighted by Gasteiger charge is 2.11. The highest BCUT2D eigenvalue weighted by molar-refractivity contribution is 5.65. The molecule has 0 aliphatic rings. The average molecular weight is 342 g/mol. The lowest BCUT2D eigenvalue weighted by molar-refractivity contribution is -0.141. The van der Waals surface area contributed by atoms with Crippen molar-refractivity contribution in [3.8, 4) is 11.5 Å². The molecule has 1 atom stereocenters. The lowest BCUT2D eigenvalue weighted by Crippen LogP contribution is -2.18. The predicted octanol–water partition coefficient (Wildman–Crippen LogP) is 3.96. The first-order valence-corrected chi connectivity index (χ1v) is 7.92. The molecule has 0 aliphatic carbocycles. The molecule has 0 heterocycles. The summed E-state index contributed by atoms with van der Waals surface area (Å²) < 4.78 is 15.4. The average Bonchev–Trinajstić information content (AvgIpc) is 2.64. The molecule has 6 nitrogen and oxygen atoms in total. The van der Waals surface area contributed by atoms with Crippen molar-refractivity contribution in [2.24, 2.45) is 10.2 Å². The molecule has 2 aromatic rings. The molecular weight excluding hydrogens is 320 g/mol. The summed E-state index contributed by atoms with van der Waals surface area (Å²) in [4.78, 5) is 11.1. The monoisotopic (exact) mass is 342 g/mol. The van der Waals surface area contributed by atoms with Crippen LogP contribution in [-0.4, -0.2) is 32.8 Å². The normalized spacial score (nSPS) is 12.0. The fourth-order valence-electron chi connectivity index (χ4n) is 2.18. The second-order valence-electron chi connectivity index (χ2n) is 5.42. The van der Waals surface area contributed by atoms with Crippen molar-refractivity contribution in [1.29, 1.82) is 0 Å². The number of methoxy groups -OCH3 is 2. The van der Waals surface area contributed by atoms with Gasteiger partial charge >= 0.3 is 5.97 Å². The number of benzene rings is 2. The Balaban J connectivity index is 2.07. The lowest BCUT2D eigenvalue weighted by Gasteiger charge is -2.12. The number of nitrogens with zero attached hydrogens (tertiary/aromatic N) is 2. The number of hydrogen-bond donors (Lipinski definition) is 0. The van der Waals surface area contributed by atoms with Crippen molar-refractivity contribution >= 4 is 11.7 Å². The molecule has 0 radical (unpaired) electrons. The number of hydrogen-bond acceptors (Lipinski definition) is 6. The molecule has 0 saturated heterocycles. The number of rotatable bonds is 8. The van der Waals surface area contributed by atoms with E-state index in [2.05, 4.69) is 10.2 Å². The van der Waals surface area contributed by atoms with Crippen molar-refractivity contribution in [2.75, 3.05) is 20.8 Å². The Labute approximate surface area is 147 Å². The second kappa shape index (κ2) is 9.42. The molecule has 0 amide bonds. The lowest BCUT2D eigenvalue weighted by atomic mass is 10.1.